The van der Waals surface area contributed by atoms with Crippen molar-refractivity contribution >= 4 is 0 Å². The maximum absolute atomic E-state index is 12.3. The molecule has 0 amide bonds. The summed E-state index contributed by atoms with van der Waals surface area (Å²) in [5, 5.41) is 17.0. The van der Waals surface area contributed by atoms with Gasteiger partial charge in [-0.3, -0.25) is 0 Å². The molecule has 1 rings (SSSR count). The Balaban J connectivity index is 3.10. The third-order valence-electron chi connectivity index (χ3n) is 1.62. The molecule has 1 aromatic rings. The lowest BCUT2D eigenvalue weighted by Crippen LogP contribution is -1.88. The van der Waals surface area contributed by atoms with Crippen LogP contribution in [0.5, 0.6) is 0 Å². The highest BCUT2D eigenvalue weighted by molar-refractivity contribution is 5.38. The molecule has 0 heterocycles. The molecule has 0 unspecified atom stereocenters. The van der Waals surface area contributed by atoms with Crippen LogP contribution in [-0.4, -0.2) is 0 Å². The molecule has 3 heteroatoms. The van der Waals surface area contributed by atoms with Crippen LogP contribution in [0.1, 0.15) is 16.7 Å². The summed E-state index contributed by atoms with van der Waals surface area (Å²) in [6.07, 6.45) is 0.211. The Bertz CT molecular complexity index is 385. The molecule has 0 saturated heterocycles. The highest BCUT2D eigenvalue weighted by atomic mass is 19.1. The average molecular weight is 174 g/mol. The van der Waals surface area contributed by atoms with E-state index < -0.39 is 6.67 Å². The van der Waals surface area contributed by atoms with E-state index in [0.29, 0.717) is 16.7 Å². The highest BCUT2D eigenvalue weighted by Crippen LogP contribution is 2.11. The van der Waals surface area contributed by atoms with Gasteiger partial charge in [-0.15, -0.1) is 0 Å². The van der Waals surface area contributed by atoms with Crippen LogP contribution < -0.4 is 0 Å². The Morgan fingerprint density at radius 1 is 1.15 bits per heavy atom. The summed E-state index contributed by atoms with van der Waals surface area (Å²) in [6.45, 7) is -0.603. The quantitative estimate of drug-likeness (QED) is 0.689. The van der Waals surface area contributed by atoms with Crippen LogP contribution in [0.15, 0.2) is 18.2 Å². The van der Waals surface area contributed by atoms with Gasteiger partial charge in [0.25, 0.3) is 0 Å². The van der Waals surface area contributed by atoms with Gasteiger partial charge in [0, 0.05) is 0 Å². The fraction of sp³-hybridized carbons (Fsp3) is 0.200. The molecular formula is C10H7FN2. The number of nitriles is 2. The molecule has 0 N–H and O–H groups in total. The minimum atomic E-state index is -0.603. The monoisotopic (exact) mass is 174 g/mol. The largest absolute Gasteiger partial charge is 0.246 e. The van der Waals surface area contributed by atoms with Gasteiger partial charge < -0.3 is 0 Å². The summed E-state index contributed by atoms with van der Waals surface area (Å²) in [5.74, 6) is 0. The summed E-state index contributed by atoms with van der Waals surface area (Å²) in [4.78, 5) is 0. The van der Waals surface area contributed by atoms with Gasteiger partial charge in [-0.05, 0) is 23.3 Å². The SMILES string of the molecule is N#CCc1cc(C#N)cc(CF)c1. The smallest absolute Gasteiger partial charge is 0.115 e. The van der Waals surface area contributed by atoms with E-state index in [9.17, 15) is 4.39 Å². The Kier molecular flexibility index (Phi) is 3.00. The topological polar surface area (TPSA) is 47.6 Å². The molecule has 0 radical (unpaired) electrons. The number of benzene rings is 1. The second-order valence-corrected chi connectivity index (χ2v) is 2.62. The molecule has 0 saturated carbocycles. The van der Waals surface area contributed by atoms with E-state index >= 15 is 0 Å². The number of halogens is 1. The molecule has 0 bridgehead atoms. The molecule has 64 valence electrons. The Hall–Kier alpha value is -1.87. The molecule has 1 aromatic carbocycles. The molecule has 0 aliphatic carbocycles. The number of alkyl halides is 1. The minimum Gasteiger partial charge on any atom is -0.246 e. The molecule has 0 fully saturated rings. The molecule has 0 aromatic heterocycles. The lowest BCUT2D eigenvalue weighted by molar-refractivity contribution is 0.485. The van der Waals surface area contributed by atoms with Crippen molar-refractivity contribution in [3.05, 3.63) is 34.9 Å². The van der Waals surface area contributed by atoms with E-state index in [2.05, 4.69) is 0 Å². The third-order valence-corrected chi connectivity index (χ3v) is 1.62. The molecule has 0 aliphatic heterocycles. The van der Waals surface area contributed by atoms with Crippen molar-refractivity contribution in [3.63, 3.8) is 0 Å². The highest BCUT2D eigenvalue weighted by Gasteiger charge is 1.99. The zero-order chi connectivity index (χ0) is 9.68. The van der Waals surface area contributed by atoms with Crippen molar-refractivity contribution in [3.8, 4) is 12.1 Å². The summed E-state index contributed by atoms with van der Waals surface area (Å²) in [7, 11) is 0. The summed E-state index contributed by atoms with van der Waals surface area (Å²) in [5.41, 5.74) is 1.54. The lowest BCUT2D eigenvalue weighted by atomic mass is 10.1. The molecule has 2 nitrogen and oxygen atoms in total. The van der Waals surface area contributed by atoms with Crippen molar-refractivity contribution in [1.29, 1.82) is 10.5 Å². The molecule has 13 heavy (non-hydrogen) atoms. The van der Waals surface area contributed by atoms with E-state index in [1.54, 1.807) is 12.1 Å². The summed E-state index contributed by atoms with van der Waals surface area (Å²) in [6, 6.07) is 8.57. The lowest BCUT2D eigenvalue weighted by Gasteiger charge is -1.99. The van der Waals surface area contributed by atoms with Crippen LogP contribution in [0.2, 0.25) is 0 Å². The van der Waals surface area contributed by atoms with Gasteiger partial charge in [-0.25, -0.2) is 4.39 Å². The Labute approximate surface area is 75.8 Å². The van der Waals surface area contributed by atoms with Crippen LogP contribution >= 0.6 is 0 Å². The second-order valence-electron chi connectivity index (χ2n) is 2.62. The predicted molar refractivity (Wildman–Crippen MR) is 45.3 cm³/mol. The van der Waals surface area contributed by atoms with E-state index in [-0.39, 0.29) is 6.42 Å². The fourth-order valence-corrected chi connectivity index (χ4v) is 1.10. The van der Waals surface area contributed by atoms with E-state index in [0.717, 1.165) is 0 Å². The summed E-state index contributed by atoms with van der Waals surface area (Å²) < 4.78 is 12.3. The second kappa shape index (κ2) is 4.23. The maximum Gasteiger partial charge on any atom is 0.115 e. The first-order valence-electron chi connectivity index (χ1n) is 3.76. The van der Waals surface area contributed by atoms with Gasteiger partial charge >= 0.3 is 0 Å². The molecule has 0 atom stereocenters. The van der Waals surface area contributed by atoms with Gasteiger partial charge in [-0.1, -0.05) is 6.07 Å². The van der Waals surface area contributed by atoms with Crippen molar-refractivity contribution in [2.45, 2.75) is 13.1 Å². The Morgan fingerprint density at radius 3 is 2.38 bits per heavy atom. The summed E-state index contributed by atoms with van der Waals surface area (Å²) >= 11 is 0. The van der Waals surface area contributed by atoms with Gasteiger partial charge in [0.15, 0.2) is 0 Å². The molecule has 0 spiro atoms. The first kappa shape index (κ1) is 9.22. The number of nitrogens with zero attached hydrogens (tertiary/aromatic N) is 2. The van der Waals surface area contributed by atoms with Gasteiger partial charge in [0.2, 0.25) is 0 Å². The molecular weight excluding hydrogens is 167 g/mol. The normalized spacial score (nSPS) is 8.85. The van der Waals surface area contributed by atoms with Crippen molar-refractivity contribution in [1.82, 2.24) is 0 Å². The number of hydrogen-bond acceptors (Lipinski definition) is 2. The van der Waals surface area contributed by atoms with Crippen LogP contribution in [-0.2, 0) is 13.1 Å². The fourth-order valence-electron chi connectivity index (χ4n) is 1.10. The number of hydrogen-bond donors (Lipinski definition) is 0. The first-order chi connectivity index (χ1) is 6.30. The first-order valence-corrected chi connectivity index (χ1v) is 3.76. The standard InChI is InChI=1S/C10H7FN2/c11-6-9-3-8(1-2-12)4-10(5-9)7-13/h3-5H,1,6H2. The molecule has 0 aliphatic rings. The Morgan fingerprint density at radius 2 is 1.85 bits per heavy atom. The zero-order valence-electron chi connectivity index (χ0n) is 6.92. The van der Waals surface area contributed by atoms with E-state index in [4.69, 9.17) is 10.5 Å². The third kappa shape index (κ3) is 2.28. The van der Waals surface area contributed by atoms with Crippen LogP contribution in [0.3, 0.4) is 0 Å². The predicted octanol–water partition coefficient (Wildman–Crippen LogP) is 2.09. The van der Waals surface area contributed by atoms with Crippen molar-refractivity contribution in [2.75, 3.05) is 0 Å². The zero-order valence-corrected chi connectivity index (χ0v) is 6.92. The van der Waals surface area contributed by atoms with Gasteiger partial charge in [-0.2, -0.15) is 10.5 Å². The van der Waals surface area contributed by atoms with Crippen molar-refractivity contribution in [2.24, 2.45) is 0 Å². The van der Waals surface area contributed by atoms with Crippen LogP contribution in [0.25, 0.3) is 0 Å². The van der Waals surface area contributed by atoms with Crippen molar-refractivity contribution < 1.29 is 4.39 Å². The maximum atomic E-state index is 12.3. The van der Waals surface area contributed by atoms with E-state index in [1.165, 1.54) is 6.07 Å². The van der Waals surface area contributed by atoms with Crippen LogP contribution in [0.4, 0.5) is 4.39 Å². The minimum absolute atomic E-state index is 0.211. The number of rotatable bonds is 2. The van der Waals surface area contributed by atoms with E-state index in [1.807, 2.05) is 12.1 Å². The van der Waals surface area contributed by atoms with Crippen LogP contribution in [0, 0.1) is 22.7 Å². The van der Waals surface area contributed by atoms with Gasteiger partial charge in [0.05, 0.1) is 24.1 Å². The average Bonchev–Trinajstić information content (AvgIpc) is 2.17. The van der Waals surface area contributed by atoms with Gasteiger partial charge in [0.1, 0.15) is 6.67 Å².